The number of nitro groups is 1. The van der Waals surface area contributed by atoms with E-state index in [1.165, 1.54) is 16.8 Å². The average molecular weight is 255 g/mol. The first-order valence-electron chi connectivity index (χ1n) is 4.41. The molecule has 0 amide bonds. The summed E-state index contributed by atoms with van der Waals surface area (Å²) in [5.41, 5.74) is -0.303. The first-order chi connectivity index (χ1) is 8.06. The zero-order valence-electron chi connectivity index (χ0n) is 8.57. The fourth-order valence-corrected chi connectivity index (χ4v) is 1.93. The van der Waals surface area contributed by atoms with E-state index in [2.05, 4.69) is 15.5 Å². The molecule has 0 unspecified atom stereocenters. The highest BCUT2D eigenvalue weighted by Crippen LogP contribution is 2.28. The Balaban J connectivity index is 2.33. The summed E-state index contributed by atoms with van der Waals surface area (Å²) in [4.78, 5) is 10.3. The largest absolute Gasteiger partial charge is 0.273 e. The Labute approximate surface area is 98.8 Å². The summed E-state index contributed by atoms with van der Waals surface area (Å²) in [5.74, 6) is -0.670. The van der Waals surface area contributed by atoms with Crippen molar-refractivity contribution in [2.45, 2.75) is 10.1 Å². The molecule has 88 valence electrons. The van der Waals surface area contributed by atoms with E-state index in [0.29, 0.717) is 10.1 Å². The van der Waals surface area contributed by atoms with Gasteiger partial charge in [0.1, 0.15) is 5.82 Å². The number of nitrogens with zero attached hydrogens (tertiary/aromatic N) is 5. The summed E-state index contributed by atoms with van der Waals surface area (Å²) in [5, 5.41) is 21.7. The van der Waals surface area contributed by atoms with Crippen molar-refractivity contribution in [1.82, 2.24) is 20.2 Å². The minimum atomic E-state index is -0.670. The third-order valence-corrected chi connectivity index (χ3v) is 2.86. The summed E-state index contributed by atoms with van der Waals surface area (Å²) < 4.78 is 14.5. The van der Waals surface area contributed by atoms with E-state index in [0.717, 1.165) is 17.8 Å². The van der Waals surface area contributed by atoms with E-state index in [1.807, 2.05) is 0 Å². The minimum Gasteiger partial charge on any atom is -0.258 e. The first-order valence-corrected chi connectivity index (χ1v) is 5.23. The lowest BCUT2D eigenvalue weighted by Crippen LogP contribution is -1.94. The van der Waals surface area contributed by atoms with Crippen LogP contribution in [0.1, 0.15) is 0 Å². The van der Waals surface area contributed by atoms with Gasteiger partial charge in [0.15, 0.2) is 0 Å². The molecule has 0 N–H and O–H groups in total. The standard InChI is InChI=1S/C8H6FN5O2S/c1-13-8(10-11-12-13)17-7-3-5(9)2-6(4-7)14(15)16/h2-4H,1H3. The van der Waals surface area contributed by atoms with Crippen LogP contribution in [0, 0.1) is 15.9 Å². The quantitative estimate of drug-likeness (QED) is 0.608. The highest BCUT2D eigenvalue weighted by atomic mass is 32.2. The number of tetrazole rings is 1. The molecule has 0 radical (unpaired) electrons. The Morgan fingerprint density at radius 2 is 2.24 bits per heavy atom. The van der Waals surface area contributed by atoms with E-state index < -0.39 is 10.7 Å². The van der Waals surface area contributed by atoms with Gasteiger partial charge in [-0.15, -0.1) is 5.10 Å². The molecule has 0 saturated heterocycles. The van der Waals surface area contributed by atoms with Crippen LogP contribution in [0.5, 0.6) is 0 Å². The molecule has 0 aliphatic rings. The molecule has 0 bridgehead atoms. The van der Waals surface area contributed by atoms with Gasteiger partial charge in [-0.25, -0.2) is 9.07 Å². The van der Waals surface area contributed by atoms with Crippen LogP contribution in [0.4, 0.5) is 10.1 Å². The van der Waals surface area contributed by atoms with E-state index in [9.17, 15) is 14.5 Å². The van der Waals surface area contributed by atoms with Gasteiger partial charge in [0.05, 0.1) is 11.0 Å². The van der Waals surface area contributed by atoms with Gasteiger partial charge >= 0.3 is 0 Å². The number of aromatic nitrogens is 4. The zero-order chi connectivity index (χ0) is 12.4. The Kier molecular flexibility index (Phi) is 3.00. The van der Waals surface area contributed by atoms with Crippen LogP contribution in [0.25, 0.3) is 0 Å². The second-order valence-electron chi connectivity index (χ2n) is 3.09. The van der Waals surface area contributed by atoms with Crippen molar-refractivity contribution in [3.8, 4) is 0 Å². The number of aryl methyl sites for hydroxylation is 1. The molecule has 17 heavy (non-hydrogen) atoms. The molecule has 2 rings (SSSR count). The molecule has 0 spiro atoms. The van der Waals surface area contributed by atoms with Gasteiger partial charge in [0.2, 0.25) is 5.16 Å². The highest BCUT2D eigenvalue weighted by Gasteiger charge is 2.12. The molecule has 1 aromatic carbocycles. The van der Waals surface area contributed by atoms with Crippen molar-refractivity contribution in [2.75, 3.05) is 0 Å². The molecule has 7 nitrogen and oxygen atoms in total. The third-order valence-electron chi connectivity index (χ3n) is 1.86. The van der Waals surface area contributed by atoms with Gasteiger partial charge in [0, 0.05) is 18.0 Å². The zero-order valence-corrected chi connectivity index (χ0v) is 9.39. The number of benzene rings is 1. The molecule has 9 heteroatoms. The fraction of sp³-hybridized carbons (Fsp3) is 0.125. The van der Waals surface area contributed by atoms with Crippen molar-refractivity contribution >= 4 is 17.4 Å². The maximum absolute atomic E-state index is 13.1. The van der Waals surface area contributed by atoms with Crippen molar-refractivity contribution < 1.29 is 9.31 Å². The third kappa shape index (κ3) is 2.56. The topological polar surface area (TPSA) is 86.7 Å². The normalized spacial score (nSPS) is 10.5. The molecular formula is C8H6FN5O2S. The smallest absolute Gasteiger partial charge is 0.258 e. The summed E-state index contributed by atoms with van der Waals surface area (Å²) in [6, 6.07) is 3.31. The molecule has 0 saturated carbocycles. The van der Waals surface area contributed by atoms with Crippen LogP contribution in [-0.2, 0) is 7.05 Å². The summed E-state index contributed by atoms with van der Waals surface area (Å²) >= 11 is 1.05. The molecule has 2 aromatic rings. The van der Waals surface area contributed by atoms with Gasteiger partial charge in [-0.05, 0) is 28.3 Å². The van der Waals surface area contributed by atoms with Crippen molar-refractivity contribution in [3.05, 3.63) is 34.1 Å². The number of halogens is 1. The Morgan fingerprint density at radius 1 is 1.47 bits per heavy atom. The number of non-ortho nitro benzene ring substituents is 1. The van der Waals surface area contributed by atoms with Crippen LogP contribution >= 0.6 is 11.8 Å². The fourth-order valence-electron chi connectivity index (χ4n) is 1.13. The maximum Gasteiger partial charge on any atom is 0.273 e. The Hall–Kier alpha value is -2.03. The van der Waals surface area contributed by atoms with E-state index in [-0.39, 0.29) is 5.69 Å². The number of nitro benzene ring substituents is 1. The average Bonchev–Trinajstić information content (AvgIpc) is 2.63. The lowest BCUT2D eigenvalue weighted by atomic mass is 10.3. The van der Waals surface area contributed by atoms with Crippen molar-refractivity contribution in [3.63, 3.8) is 0 Å². The molecule has 1 aromatic heterocycles. The summed E-state index contributed by atoms with van der Waals surface area (Å²) in [6.07, 6.45) is 0. The maximum atomic E-state index is 13.1. The van der Waals surface area contributed by atoms with Gasteiger partial charge in [0.25, 0.3) is 5.69 Å². The Bertz CT molecular complexity index is 573. The Morgan fingerprint density at radius 3 is 2.82 bits per heavy atom. The number of hydrogen-bond donors (Lipinski definition) is 0. The van der Waals surface area contributed by atoms with Crippen LogP contribution in [0.3, 0.4) is 0 Å². The van der Waals surface area contributed by atoms with Crippen LogP contribution < -0.4 is 0 Å². The van der Waals surface area contributed by atoms with Crippen molar-refractivity contribution in [1.29, 1.82) is 0 Å². The molecule has 0 fully saturated rings. The first kappa shape index (κ1) is 11.5. The number of hydrogen-bond acceptors (Lipinski definition) is 6. The molecule has 1 heterocycles. The predicted octanol–water partition coefficient (Wildman–Crippen LogP) is 1.41. The lowest BCUT2D eigenvalue weighted by molar-refractivity contribution is -0.385. The van der Waals surface area contributed by atoms with Crippen LogP contribution in [0.15, 0.2) is 28.3 Å². The van der Waals surface area contributed by atoms with Gasteiger partial charge < -0.3 is 0 Å². The summed E-state index contributed by atoms with van der Waals surface area (Å²) in [7, 11) is 1.62. The van der Waals surface area contributed by atoms with Gasteiger partial charge in [-0.2, -0.15) is 0 Å². The lowest BCUT2D eigenvalue weighted by Gasteiger charge is -2.00. The second kappa shape index (κ2) is 4.45. The van der Waals surface area contributed by atoms with E-state index in [4.69, 9.17) is 0 Å². The molecule has 0 atom stereocenters. The predicted molar refractivity (Wildman–Crippen MR) is 56.0 cm³/mol. The highest BCUT2D eigenvalue weighted by molar-refractivity contribution is 7.99. The molecule has 0 aliphatic heterocycles. The van der Waals surface area contributed by atoms with Crippen LogP contribution in [-0.4, -0.2) is 25.1 Å². The monoisotopic (exact) mass is 255 g/mol. The number of rotatable bonds is 3. The van der Waals surface area contributed by atoms with Gasteiger partial charge in [-0.1, -0.05) is 0 Å². The van der Waals surface area contributed by atoms with Crippen LogP contribution in [0.2, 0.25) is 0 Å². The van der Waals surface area contributed by atoms with E-state index in [1.54, 1.807) is 7.05 Å². The summed E-state index contributed by atoms with van der Waals surface area (Å²) in [6.45, 7) is 0. The van der Waals surface area contributed by atoms with E-state index >= 15 is 0 Å². The SMILES string of the molecule is Cn1nnnc1Sc1cc(F)cc([N+](=O)[O-])c1. The van der Waals surface area contributed by atoms with Crippen molar-refractivity contribution in [2.24, 2.45) is 7.05 Å². The molecular weight excluding hydrogens is 249 g/mol. The minimum absolute atomic E-state index is 0.303. The second-order valence-corrected chi connectivity index (χ2v) is 4.13. The molecule has 0 aliphatic carbocycles. The van der Waals surface area contributed by atoms with Gasteiger partial charge in [-0.3, -0.25) is 10.1 Å².